The van der Waals surface area contributed by atoms with Gasteiger partial charge in [-0.2, -0.15) is 4.58 Å². The lowest BCUT2D eigenvalue weighted by atomic mass is 9.76. The molecule has 15 heteroatoms. The lowest BCUT2D eigenvalue weighted by molar-refractivity contribution is -0.442. The number of methoxy groups -OCH3 is 4. The van der Waals surface area contributed by atoms with Crippen LogP contribution in [0.3, 0.4) is 0 Å². The van der Waals surface area contributed by atoms with Crippen LogP contribution in [0.15, 0.2) is 78.5 Å². The Kier molecular flexibility index (Phi) is 21.0. The smallest absolute Gasteiger partial charge is 0.337 e. The Labute approximate surface area is 384 Å². The van der Waals surface area contributed by atoms with Crippen molar-refractivity contribution in [3.8, 4) is 0 Å². The van der Waals surface area contributed by atoms with Crippen molar-refractivity contribution in [1.29, 1.82) is 0 Å². The molecule has 3 aliphatic heterocycles. The maximum absolute atomic E-state index is 13.1. The fourth-order valence-electron chi connectivity index (χ4n) is 8.56. The first-order valence-electron chi connectivity index (χ1n) is 22.7. The van der Waals surface area contributed by atoms with Gasteiger partial charge in [-0.3, -0.25) is 9.59 Å². The van der Waals surface area contributed by atoms with Gasteiger partial charge in [0.1, 0.15) is 6.61 Å². The number of carbonyl (C=O) groups excluding carboxylic acids is 3. The summed E-state index contributed by atoms with van der Waals surface area (Å²) in [6.07, 6.45) is 12.8. The molecule has 0 radical (unpaired) electrons. The van der Waals surface area contributed by atoms with Crippen molar-refractivity contribution in [1.82, 2.24) is 5.06 Å². The number of ether oxygens (including phenoxy) is 8. The van der Waals surface area contributed by atoms with E-state index in [0.29, 0.717) is 109 Å². The second-order valence-electron chi connectivity index (χ2n) is 16.5. The predicted octanol–water partition coefficient (Wildman–Crippen LogP) is 5.79. The third kappa shape index (κ3) is 13.7. The van der Waals surface area contributed by atoms with Gasteiger partial charge in [-0.25, -0.2) is 4.79 Å². The Morgan fingerprint density at radius 2 is 1.28 bits per heavy atom. The number of rotatable bonds is 31. The van der Waals surface area contributed by atoms with E-state index in [0.717, 1.165) is 41.2 Å². The molecule has 2 aromatic carbocycles. The summed E-state index contributed by atoms with van der Waals surface area (Å²) >= 11 is 0. The number of amides is 2. The Bertz CT molecular complexity index is 1980. The van der Waals surface area contributed by atoms with E-state index in [1.807, 2.05) is 18.2 Å². The number of benzene rings is 2. The zero-order valence-corrected chi connectivity index (χ0v) is 39.3. The van der Waals surface area contributed by atoms with Gasteiger partial charge in [0.15, 0.2) is 12.3 Å². The Morgan fingerprint density at radius 1 is 0.677 bits per heavy atom. The molecule has 0 N–H and O–H groups in total. The molecule has 0 spiro atoms. The zero-order chi connectivity index (χ0) is 46.5. The molecule has 0 aliphatic carbocycles. The van der Waals surface area contributed by atoms with Crippen molar-refractivity contribution in [2.75, 3.05) is 126 Å². The Morgan fingerprint density at radius 3 is 1.92 bits per heavy atom. The van der Waals surface area contributed by atoms with Gasteiger partial charge in [0.05, 0.1) is 64.7 Å². The van der Waals surface area contributed by atoms with Crippen molar-refractivity contribution in [3.05, 3.63) is 95.2 Å². The highest BCUT2D eigenvalue weighted by molar-refractivity contribution is 6.03. The van der Waals surface area contributed by atoms with Gasteiger partial charge in [-0.1, -0.05) is 48.6 Å². The summed E-state index contributed by atoms with van der Waals surface area (Å²) in [7, 11) is 6.66. The molecule has 1 fully saturated rings. The van der Waals surface area contributed by atoms with Crippen molar-refractivity contribution >= 4 is 34.9 Å². The second kappa shape index (κ2) is 26.5. The van der Waals surface area contributed by atoms with E-state index in [2.05, 4.69) is 78.0 Å². The van der Waals surface area contributed by atoms with E-state index >= 15 is 0 Å². The van der Waals surface area contributed by atoms with Gasteiger partial charge in [-0.15, -0.1) is 5.06 Å². The first kappa shape index (κ1) is 51.4. The van der Waals surface area contributed by atoms with Crippen LogP contribution in [-0.2, 0) is 74.4 Å². The van der Waals surface area contributed by atoms with Gasteiger partial charge in [-0.05, 0) is 56.4 Å². The monoisotopic (exact) mass is 904 g/mol. The molecule has 65 heavy (non-hydrogen) atoms. The van der Waals surface area contributed by atoms with Crippen molar-refractivity contribution in [3.63, 3.8) is 0 Å². The number of para-hydroxylation sites is 1. The number of nitrogens with zero attached hydrogens (tertiary/aromatic N) is 3. The number of hydroxylamine groups is 2. The lowest BCUT2D eigenvalue weighted by Gasteiger charge is -2.30. The standard InChI is InChI=1S/C50H70N3O12/c1-49(21-26-62-34-30-58-4)40-13-10-11-14-42(40)52(24-28-64-36-32-60-6)44(49)15-8-7-9-16-45-50(2,22-27-63-35-31-59-5)41-37-39(38-48(56)65-53-46(54)19-20-47(53)55)17-18-43(41)51(45)23-12-25-61-33-29-57-3/h7-11,13-18,37H,12,19-36,38H2,1-6H3/q+1. The molecule has 0 bridgehead atoms. The quantitative estimate of drug-likeness (QED) is 0.0390. The van der Waals surface area contributed by atoms with E-state index in [1.54, 1.807) is 28.4 Å². The van der Waals surface area contributed by atoms with Gasteiger partial charge in [0.25, 0.3) is 11.8 Å². The molecule has 2 atom stereocenters. The second-order valence-corrected chi connectivity index (χ2v) is 16.5. The van der Waals surface area contributed by atoms with Gasteiger partial charge in [0, 0.05) is 102 Å². The van der Waals surface area contributed by atoms with Gasteiger partial charge in [0.2, 0.25) is 5.69 Å². The van der Waals surface area contributed by atoms with Crippen molar-refractivity contribution < 1.29 is 61.7 Å². The molecule has 3 aliphatic rings. The Hall–Kier alpha value is -4.58. The molecule has 356 valence electrons. The van der Waals surface area contributed by atoms with Crippen LogP contribution in [0, 0.1) is 0 Å². The summed E-state index contributed by atoms with van der Waals surface area (Å²) in [5.74, 6) is -1.70. The van der Waals surface area contributed by atoms with E-state index in [-0.39, 0.29) is 24.7 Å². The summed E-state index contributed by atoms with van der Waals surface area (Å²) in [5.41, 5.74) is 6.55. The minimum atomic E-state index is -0.679. The fourth-order valence-corrected chi connectivity index (χ4v) is 8.56. The molecule has 0 aromatic heterocycles. The van der Waals surface area contributed by atoms with Crippen LogP contribution < -0.4 is 4.90 Å². The highest BCUT2D eigenvalue weighted by Gasteiger charge is 2.47. The third-order valence-electron chi connectivity index (χ3n) is 12.1. The predicted molar refractivity (Wildman–Crippen MR) is 247 cm³/mol. The summed E-state index contributed by atoms with van der Waals surface area (Å²) in [5, 5.41) is 0.592. The minimum absolute atomic E-state index is 0.0319. The number of hydrogen-bond acceptors (Lipinski definition) is 13. The van der Waals surface area contributed by atoms with Crippen molar-refractivity contribution in [2.24, 2.45) is 0 Å². The maximum Gasteiger partial charge on any atom is 0.337 e. The molecular weight excluding hydrogens is 835 g/mol. The van der Waals surface area contributed by atoms with E-state index in [1.165, 1.54) is 5.56 Å². The van der Waals surface area contributed by atoms with Crippen LogP contribution in [0.4, 0.5) is 11.4 Å². The first-order chi connectivity index (χ1) is 31.6. The molecular formula is C50H70N3O12+. The third-order valence-corrected chi connectivity index (χ3v) is 12.1. The van der Waals surface area contributed by atoms with Crippen LogP contribution in [0.5, 0.6) is 0 Å². The molecule has 15 nitrogen and oxygen atoms in total. The van der Waals surface area contributed by atoms with Crippen LogP contribution in [0.25, 0.3) is 0 Å². The average molecular weight is 905 g/mol. The molecule has 2 unspecified atom stereocenters. The van der Waals surface area contributed by atoms with Crippen molar-refractivity contribution in [2.45, 2.75) is 63.2 Å². The number of hydrogen-bond donors (Lipinski definition) is 0. The minimum Gasteiger partial charge on any atom is -0.382 e. The van der Waals surface area contributed by atoms with E-state index < -0.39 is 23.2 Å². The van der Waals surface area contributed by atoms with Crippen LogP contribution in [0.2, 0.25) is 0 Å². The lowest BCUT2D eigenvalue weighted by Crippen LogP contribution is -2.33. The highest BCUT2D eigenvalue weighted by Crippen LogP contribution is 2.50. The molecule has 2 aromatic rings. The molecule has 5 rings (SSSR count). The number of anilines is 1. The molecule has 0 saturated carbocycles. The van der Waals surface area contributed by atoms with E-state index in [4.69, 9.17) is 42.7 Å². The molecule has 3 heterocycles. The summed E-state index contributed by atoms with van der Waals surface area (Å²) < 4.78 is 47.1. The number of allylic oxidation sites excluding steroid dienone is 6. The molecule has 2 amide bonds. The normalized spacial score (nSPS) is 20.1. The Balaban J connectivity index is 1.47. The summed E-state index contributed by atoms with van der Waals surface area (Å²) in [6.45, 7) is 12.1. The van der Waals surface area contributed by atoms with E-state index in [9.17, 15) is 14.4 Å². The fraction of sp³-hybridized carbons (Fsp3) is 0.560. The van der Waals surface area contributed by atoms with Gasteiger partial charge >= 0.3 is 5.97 Å². The first-order valence-corrected chi connectivity index (χ1v) is 22.7. The molecule has 1 saturated heterocycles. The zero-order valence-electron chi connectivity index (χ0n) is 39.3. The van der Waals surface area contributed by atoms with Crippen LogP contribution in [0.1, 0.15) is 62.6 Å². The number of fused-ring (bicyclic) bond motifs is 2. The highest BCUT2D eigenvalue weighted by atomic mass is 16.7. The SMILES string of the molecule is COCCOCCCN1/C(=C/C=C/C=C/C2=[N+](CCOCCOC)c3ccccc3C2(C)CCOCCOC)C(C)(CCOCCOC)c2cc(CC(=O)ON3C(=O)CCC3=O)ccc21. The largest absolute Gasteiger partial charge is 0.382 e. The van der Waals surface area contributed by atoms with Crippen LogP contribution >= 0.6 is 0 Å². The van der Waals surface area contributed by atoms with Gasteiger partial charge < -0.3 is 47.6 Å². The number of carbonyl (C=O) groups is 3. The topological polar surface area (TPSA) is 144 Å². The average Bonchev–Trinajstić information content (AvgIpc) is 3.83. The summed E-state index contributed by atoms with van der Waals surface area (Å²) in [4.78, 5) is 45.0. The maximum atomic E-state index is 13.1. The summed E-state index contributed by atoms with van der Waals surface area (Å²) in [6, 6.07) is 14.5. The van der Waals surface area contributed by atoms with Crippen LogP contribution in [-0.4, -0.2) is 154 Å². The number of imide groups is 1.